The van der Waals surface area contributed by atoms with Crippen LogP contribution in [0.4, 0.5) is 0 Å². The van der Waals surface area contributed by atoms with Crippen molar-refractivity contribution >= 4 is 9.84 Å². The van der Waals surface area contributed by atoms with Crippen molar-refractivity contribution in [1.82, 2.24) is 10.5 Å². The van der Waals surface area contributed by atoms with E-state index < -0.39 is 9.84 Å². The Kier molecular flexibility index (Phi) is 4.95. The zero-order valence-corrected chi connectivity index (χ0v) is 10.5. The number of hydrogen-bond acceptors (Lipinski definition) is 5. The fourth-order valence-corrected chi connectivity index (χ4v) is 2.15. The van der Waals surface area contributed by atoms with Gasteiger partial charge in [-0.25, -0.2) is 8.42 Å². The van der Waals surface area contributed by atoms with E-state index >= 15 is 0 Å². The van der Waals surface area contributed by atoms with Crippen molar-refractivity contribution in [1.29, 1.82) is 0 Å². The number of aromatic nitrogens is 1. The number of nitrogens with one attached hydrogen (secondary N) is 1. The van der Waals surface area contributed by atoms with Gasteiger partial charge in [-0.3, -0.25) is 0 Å². The lowest BCUT2D eigenvalue weighted by atomic mass is 10.4. The van der Waals surface area contributed by atoms with E-state index in [1.54, 1.807) is 6.92 Å². The van der Waals surface area contributed by atoms with Gasteiger partial charge in [-0.15, -0.1) is 0 Å². The van der Waals surface area contributed by atoms with E-state index in [2.05, 4.69) is 10.5 Å². The minimum absolute atomic E-state index is 0.217. The first-order valence-electron chi connectivity index (χ1n) is 5.37. The van der Waals surface area contributed by atoms with Crippen LogP contribution >= 0.6 is 0 Å². The maximum absolute atomic E-state index is 11.2. The molecule has 92 valence electrons. The van der Waals surface area contributed by atoms with E-state index in [4.69, 9.17) is 4.52 Å². The van der Waals surface area contributed by atoms with E-state index in [0.717, 1.165) is 11.5 Å². The quantitative estimate of drug-likeness (QED) is 0.724. The zero-order valence-electron chi connectivity index (χ0n) is 9.69. The van der Waals surface area contributed by atoms with Gasteiger partial charge in [0.15, 0.2) is 5.76 Å². The summed E-state index contributed by atoms with van der Waals surface area (Å²) in [5.41, 5.74) is 0.852. The molecule has 1 aromatic rings. The molecule has 0 atom stereocenters. The SMILES string of the molecule is CCS(=O)(=O)CCCNCc1cc(C)no1. The number of aryl methyl sites for hydroxylation is 1. The summed E-state index contributed by atoms with van der Waals surface area (Å²) in [5, 5.41) is 6.87. The summed E-state index contributed by atoms with van der Waals surface area (Å²) in [5.74, 6) is 1.23. The van der Waals surface area contributed by atoms with Gasteiger partial charge in [-0.2, -0.15) is 0 Å². The predicted molar refractivity (Wildman–Crippen MR) is 61.9 cm³/mol. The summed E-state index contributed by atoms with van der Waals surface area (Å²) in [6.07, 6.45) is 0.628. The van der Waals surface area contributed by atoms with Gasteiger partial charge in [0.1, 0.15) is 9.84 Å². The highest BCUT2D eigenvalue weighted by Crippen LogP contribution is 2.01. The van der Waals surface area contributed by atoms with Crippen LogP contribution in [0.25, 0.3) is 0 Å². The second kappa shape index (κ2) is 6.00. The zero-order chi connectivity index (χ0) is 12.0. The van der Waals surface area contributed by atoms with Crippen molar-refractivity contribution in [2.24, 2.45) is 0 Å². The molecule has 0 unspecified atom stereocenters. The van der Waals surface area contributed by atoms with Crippen molar-refractivity contribution in [2.45, 2.75) is 26.8 Å². The fraction of sp³-hybridized carbons (Fsp3) is 0.700. The maximum atomic E-state index is 11.2. The fourth-order valence-electron chi connectivity index (χ4n) is 1.27. The molecule has 0 aliphatic carbocycles. The van der Waals surface area contributed by atoms with Crippen LogP contribution in [0.15, 0.2) is 10.6 Å². The molecule has 0 aromatic carbocycles. The molecule has 0 aliphatic heterocycles. The Labute approximate surface area is 96.1 Å². The van der Waals surface area contributed by atoms with Crippen LogP contribution in [0.5, 0.6) is 0 Å². The Bertz CT molecular complexity index is 411. The van der Waals surface area contributed by atoms with Gasteiger partial charge in [0.05, 0.1) is 18.0 Å². The third-order valence-corrected chi connectivity index (χ3v) is 4.02. The number of sulfone groups is 1. The minimum atomic E-state index is -2.84. The molecule has 1 aromatic heterocycles. The molecular weight excluding hydrogens is 228 g/mol. The van der Waals surface area contributed by atoms with E-state index in [9.17, 15) is 8.42 Å². The third-order valence-electron chi connectivity index (χ3n) is 2.22. The van der Waals surface area contributed by atoms with Crippen molar-refractivity contribution in [3.63, 3.8) is 0 Å². The van der Waals surface area contributed by atoms with Crippen molar-refractivity contribution in [3.05, 3.63) is 17.5 Å². The lowest BCUT2D eigenvalue weighted by Gasteiger charge is -2.02. The maximum Gasteiger partial charge on any atom is 0.150 e. The molecular formula is C10H18N2O3S. The summed E-state index contributed by atoms with van der Waals surface area (Å²) >= 11 is 0. The van der Waals surface area contributed by atoms with Gasteiger partial charge >= 0.3 is 0 Å². The second-order valence-electron chi connectivity index (χ2n) is 3.70. The molecule has 1 rings (SSSR count). The van der Waals surface area contributed by atoms with Gasteiger partial charge in [0, 0.05) is 11.8 Å². The highest BCUT2D eigenvalue weighted by molar-refractivity contribution is 7.91. The van der Waals surface area contributed by atoms with Crippen LogP contribution in [-0.2, 0) is 16.4 Å². The molecule has 1 N–H and O–H groups in total. The first kappa shape index (κ1) is 13.2. The smallest absolute Gasteiger partial charge is 0.150 e. The van der Waals surface area contributed by atoms with Gasteiger partial charge in [-0.1, -0.05) is 12.1 Å². The van der Waals surface area contributed by atoms with E-state index in [-0.39, 0.29) is 11.5 Å². The predicted octanol–water partition coefficient (Wildman–Crippen LogP) is 0.897. The molecule has 0 aliphatic rings. The molecule has 0 spiro atoms. The number of nitrogens with zero attached hydrogens (tertiary/aromatic N) is 1. The van der Waals surface area contributed by atoms with Gasteiger partial charge in [-0.05, 0) is 19.9 Å². The third kappa shape index (κ3) is 4.76. The second-order valence-corrected chi connectivity index (χ2v) is 6.17. The van der Waals surface area contributed by atoms with Crippen LogP contribution in [0.2, 0.25) is 0 Å². The molecule has 0 bridgehead atoms. The molecule has 0 radical (unpaired) electrons. The lowest BCUT2D eigenvalue weighted by molar-refractivity contribution is 0.370. The number of rotatable bonds is 7. The van der Waals surface area contributed by atoms with Crippen LogP contribution in [-0.4, -0.2) is 31.6 Å². The van der Waals surface area contributed by atoms with E-state index in [1.165, 1.54) is 0 Å². The van der Waals surface area contributed by atoms with Gasteiger partial charge in [0.2, 0.25) is 0 Å². The minimum Gasteiger partial charge on any atom is -0.360 e. The first-order valence-corrected chi connectivity index (χ1v) is 7.19. The highest BCUT2D eigenvalue weighted by Gasteiger charge is 2.06. The van der Waals surface area contributed by atoms with Crippen LogP contribution < -0.4 is 5.32 Å². The van der Waals surface area contributed by atoms with Crippen molar-refractivity contribution in [3.8, 4) is 0 Å². The molecule has 0 saturated carbocycles. The first-order chi connectivity index (χ1) is 7.53. The van der Waals surface area contributed by atoms with E-state index in [0.29, 0.717) is 19.5 Å². The Balaban J connectivity index is 2.13. The molecule has 5 nitrogen and oxygen atoms in total. The van der Waals surface area contributed by atoms with Crippen molar-refractivity contribution < 1.29 is 12.9 Å². The standard InChI is InChI=1S/C10H18N2O3S/c1-3-16(13,14)6-4-5-11-8-10-7-9(2)12-15-10/h7,11H,3-6,8H2,1-2H3. The summed E-state index contributed by atoms with van der Waals surface area (Å²) in [4.78, 5) is 0. The Morgan fingerprint density at radius 2 is 2.25 bits per heavy atom. The normalized spacial score (nSPS) is 11.9. The Hall–Kier alpha value is -0.880. The Morgan fingerprint density at radius 3 is 2.81 bits per heavy atom. The van der Waals surface area contributed by atoms with Gasteiger partial charge in [0.25, 0.3) is 0 Å². The molecule has 0 fully saturated rings. The highest BCUT2D eigenvalue weighted by atomic mass is 32.2. The summed E-state index contributed by atoms with van der Waals surface area (Å²) < 4.78 is 27.4. The molecule has 6 heteroatoms. The summed E-state index contributed by atoms with van der Waals surface area (Å²) in [6, 6.07) is 1.86. The number of hydrogen-bond donors (Lipinski definition) is 1. The molecule has 16 heavy (non-hydrogen) atoms. The topological polar surface area (TPSA) is 72.2 Å². The molecule has 0 saturated heterocycles. The summed E-state index contributed by atoms with van der Waals surface area (Å²) in [6.45, 7) is 4.78. The largest absolute Gasteiger partial charge is 0.360 e. The lowest BCUT2D eigenvalue weighted by Crippen LogP contribution is -2.18. The van der Waals surface area contributed by atoms with Crippen molar-refractivity contribution in [2.75, 3.05) is 18.1 Å². The van der Waals surface area contributed by atoms with Crippen LogP contribution in [0.3, 0.4) is 0 Å². The monoisotopic (exact) mass is 246 g/mol. The van der Waals surface area contributed by atoms with Crippen LogP contribution in [0.1, 0.15) is 24.8 Å². The average molecular weight is 246 g/mol. The summed E-state index contributed by atoms with van der Waals surface area (Å²) in [7, 11) is -2.84. The average Bonchev–Trinajstić information content (AvgIpc) is 2.64. The van der Waals surface area contributed by atoms with Crippen LogP contribution in [0, 0.1) is 6.92 Å². The molecule has 0 amide bonds. The Morgan fingerprint density at radius 1 is 1.50 bits per heavy atom. The molecule has 1 heterocycles. The van der Waals surface area contributed by atoms with E-state index in [1.807, 2.05) is 13.0 Å². The van der Waals surface area contributed by atoms with Gasteiger partial charge < -0.3 is 9.84 Å².